The fourth-order valence-corrected chi connectivity index (χ4v) is 4.08. The SMILES string of the molecule is CC1CCN(c2nc(-c3ccc(C#N)c(F)c3)c(-c3ccc(C(=O)O)cc3)c(=O)n2C)CC1. The maximum atomic E-state index is 14.5. The van der Waals surface area contributed by atoms with Gasteiger partial charge in [-0.1, -0.05) is 25.1 Å². The number of aromatic carboxylic acids is 1. The Morgan fingerprint density at radius 2 is 1.79 bits per heavy atom. The Kier molecular flexibility index (Phi) is 5.97. The number of carbonyl (C=O) groups is 1. The van der Waals surface area contributed by atoms with Gasteiger partial charge in [0.15, 0.2) is 0 Å². The quantitative estimate of drug-likeness (QED) is 0.649. The van der Waals surface area contributed by atoms with Gasteiger partial charge in [0.05, 0.1) is 22.4 Å². The van der Waals surface area contributed by atoms with E-state index >= 15 is 0 Å². The number of carboxylic acid groups (broad SMARTS) is 1. The average Bonchev–Trinajstić information content (AvgIpc) is 2.81. The first-order valence-electron chi connectivity index (χ1n) is 10.7. The molecule has 0 amide bonds. The minimum Gasteiger partial charge on any atom is -0.478 e. The van der Waals surface area contributed by atoms with Crippen molar-refractivity contribution in [2.24, 2.45) is 13.0 Å². The van der Waals surface area contributed by atoms with Crippen LogP contribution in [-0.2, 0) is 7.05 Å². The van der Waals surface area contributed by atoms with Crippen LogP contribution >= 0.6 is 0 Å². The number of piperidine rings is 1. The summed E-state index contributed by atoms with van der Waals surface area (Å²) >= 11 is 0. The number of nitrogens with zero attached hydrogens (tertiary/aromatic N) is 4. The molecule has 1 fully saturated rings. The van der Waals surface area contributed by atoms with Crippen molar-refractivity contribution in [3.8, 4) is 28.5 Å². The summed E-state index contributed by atoms with van der Waals surface area (Å²) in [5.74, 6) is -0.676. The van der Waals surface area contributed by atoms with Gasteiger partial charge < -0.3 is 10.0 Å². The summed E-state index contributed by atoms with van der Waals surface area (Å²) in [6.07, 6.45) is 1.96. The third-order valence-electron chi connectivity index (χ3n) is 6.12. The highest BCUT2D eigenvalue weighted by Crippen LogP contribution is 2.32. The van der Waals surface area contributed by atoms with Crippen LogP contribution in [0, 0.1) is 23.1 Å². The first-order chi connectivity index (χ1) is 15.8. The number of hydrogen-bond donors (Lipinski definition) is 1. The number of nitriles is 1. The standard InChI is InChI=1S/C25H23FN4O3/c1-15-9-11-30(12-10-15)25-28-22(18-7-8-19(14-27)20(26)13-18)21(23(31)29(25)2)16-3-5-17(6-4-16)24(32)33/h3-8,13,15H,9-12H2,1-2H3,(H,32,33). The van der Waals surface area contributed by atoms with Gasteiger partial charge in [-0.05, 0) is 48.6 Å². The largest absolute Gasteiger partial charge is 0.478 e. The molecular weight excluding hydrogens is 423 g/mol. The molecule has 33 heavy (non-hydrogen) atoms. The summed E-state index contributed by atoms with van der Waals surface area (Å²) in [6.45, 7) is 3.71. The molecule has 0 unspecified atom stereocenters. The lowest BCUT2D eigenvalue weighted by molar-refractivity contribution is 0.0697. The van der Waals surface area contributed by atoms with Crippen molar-refractivity contribution in [3.63, 3.8) is 0 Å². The van der Waals surface area contributed by atoms with E-state index in [4.69, 9.17) is 10.2 Å². The van der Waals surface area contributed by atoms with Crippen LogP contribution in [0.25, 0.3) is 22.4 Å². The number of halogens is 1. The Morgan fingerprint density at radius 1 is 1.15 bits per heavy atom. The van der Waals surface area contributed by atoms with Gasteiger partial charge >= 0.3 is 5.97 Å². The van der Waals surface area contributed by atoms with Crippen LogP contribution in [0.15, 0.2) is 47.3 Å². The lowest BCUT2D eigenvalue weighted by Crippen LogP contribution is -2.38. The Hall–Kier alpha value is -3.99. The van der Waals surface area contributed by atoms with Gasteiger partial charge in [0.25, 0.3) is 5.56 Å². The van der Waals surface area contributed by atoms with Crippen molar-refractivity contribution >= 4 is 11.9 Å². The van der Waals surface area contributed by atoms with Crippen LogP contribution in [0.4, 0.5) is 10.3 Å². The predicted molar refractivity (Wildman–Crippen MR) is 123 cm³/mol. The Bertz CT molecular complexity index is 1320. The van der Waals surface area contributed by atoms with Crippen molar-refractivity contribution < 1.29 is 14.3 Å². The van der Waals surface area contributed by atoms with E-state index in [9.17, 15) is 19.1 Å². The topological polar surface area (TPSA) is 99.2 Å². The van der Waals surface area contributed by atoms with E-state index in [1.165, 1.54) is 28.8 Å². The van der Waals surface area contributed by atoms with Crippen LogP contribution in [0.2, 0.25) is 0 Å². The van der Waals surface area contributed by atoms with E-state index in [1.54, 1.807) is 31.3 Å². The van der Waals surface area contributed by atoms with E-state index in [0.29, 0.717) is 23.0 Å². The minimum atomic E-state index is -1.07. The molecule has 1 aliphatic heterocycles. The molecule has 0 atom stereocenters. The fourth-order valence-electron chi connectivity index (χ4n) is 4.08. The molecule has 1 aliphatic rings. The molecule has 3 aromatic rings. The molecule has 4 rings (SSSR count). The van der Waals surface area contributed by atoms with E-state index in [1.807, 2.05) is 0 Å². The molecule has 0 spiro atoms. The molecule has 0 radical (unpaired) electrons. The third-order valence-corrected chi connectivity index (χ3v) is 6.12. The summed E-state index contributed by atoms with van der Waals surface area (Å²) in [7, 11) is 1.65. The highest BCUT2D eigenvalue weighted by atomic mass is 19.1. The van der Waals surface area contributed by atoms with Crippen LogP contribution < -0.4 is 10.5 Å². The number of carboxylic acids is 1. The zero-order valence-electron chi connectivity index (χ0n) is 18.4. The smallest absolute Gasteiger partial charge is 0.335 e. The number of aromatic nitrogens is 2. The van der Waals surface area contributed by atoms with Crippen LogP contribution in [0.1, 0.15) is 35.7 Å². The second kappa shape index (κ2) is 8.87. The highest BCUT2D eigenvalue weighted by molar-refractivity contribution is 5.89. The fraction of sp³-hybridized carbons (Fsp3) is 0.280. The van der Waals surface area contributed by atoms with Crippen molar-refractivity contribution in [2.45, 2.75) is 19.8 Å². The van der Waals surface area contributed by atoms with E-state index < -0.39 is 11.8 Å². The van der Waals surface area contributed by atoms with Gasteiger partial charge in [-0.2, -0.15) is 5.26 Å². The zero-order chi connectivity index (χ0) is 23.7. The molecule has 8 heteroatoms. The highest BCUT2D eigenvalue weighted by Gasteiger charge is 2.24. The van der Waals surface area contributed by atoms with Gasteiger partial charge in [-0.15, -0.1) is 0 Å². The van der Waals surface area contributed by atoms with Gasteiger partial charge in [-0.25, -0.2) is 14.2 Å². The maximum Gasteiger partial charge on any atom is 0.335 e. The summed E-state index contributed by atoms with van der Waals surface area (Å²) in [5, 5.41) is 18.3. The number of hydrogen-bond acceptors (Lipinski definition) is 5. The molecule has 0 bridgehead atoms. The first kappa shape index (κ1) is 22.2. The monoisotopic (exact) mass is 446 g/mol. The number of benzene rings is 2. The van der Waals surface area contributed by atoms with E-state index in [2.05, 4.69) is 11.8 Å². The summed E-state index contributed by atoms with van der Waals surface area (Å²) in [4.78, 5) is 31.7. The Labute approximate surface area is 190 Å². The lowest BCUT2D eigenvalue weighted by atomic mass is 9.98. The normalized spacial score (nSPS) is 14.2. The van der Waals surface area contributed by atoms with Gasteiger partial charge in [0, 0.05) is 25.7 Å². The van der Waals surface area contributed by atoms with E-state index in [0.717, 1.165) is 25.9 Å². The third kappa shape index (κ3) is 4.22. The first-order valence-corrected chi connectivity index (χ1v) is 10.7. The van der Waals surface area contributed by atoms with Crippen LogP contribution in [0.3, 0.4) is 0 Å². The molecule has 7 nitrogen and oxygen atoms in total. The van der Waals surface area contributed by atoms with Gasteiger partial charge in [0.2, 0.25) is 5.95 Å². The molecular formula is C25H23FN4O3. The summed E-state index contributed by atoms with van der Waals surface area (Å²) < 4.78 is 16.0. The number of anilines is 1. The molecule has 1 N–H and O–H groups in total. The molecule has 2 aromatic carbocycles. The van der Waals surface area contributed by atoms with Crippen LogP contribution in [-0.4, -0.2) is 33.7 Å². The molecule has 0 saturated carbocycles. The Balaban J connectivity index is 1.94. The van der Waals surface area contributed by atoms with Crippen molar-refractivity contribution in [2.75, 3.05) is 18.0 Å². The zero-order valence-corrected chi connectivity index (χ0v) is 18.4. The molecule has 0 aliphatic carbocycles. The van der Waals surface area contributed by atoms with Crippen molar-refractivity contribution in [3.05, 3.63) is 69.8 Å². The second-order valence-electron chi connectivity index (χ2n) is 8.36. The van der Waals surface area contributed by atoms with Crippen LogP contribution in [0.5, 0.6) is 0 Å². The van der Waals surface area contributed by atoms with Crippen molar-refractivity contribution in [1.82, 2.24) is 9.55 Å². The molecule has 2 heterocycles. The summed E-state index contributed by atoms with van der Waals surface area (Å²) in [6, 6.07) is 11.9. The summed E-state index contributed by atoms with van der Waals surface area (Å²) in [5.41, 5.74) is 1.06. The molecule has 1 aromatic heterocycles. The van der Waals surface area contributed by atoms with Gasteiger partial charge in [-0.3, -0.25) is 9.36 Å². The van der Waals surface area contributed by atoms with Crippen molar-refractivity contribution in [1.29, 1.82) is 5.26 Å². The minimum absolute atomic E-state index is 0.0913. The average molecular weight is 446 g/mol. The van der Waals surface area contributed by atoms with Gasteiger partial charge in [0.1, 0.15) is 11.9 Å². The lowest BCUT2D eigenvalue weighted by Gasteiger charge is -2.32. The molecule has 168 valence electrons. The predicted octanol–water partition coefficient (Wildman–Crippen LogP) is 4.06. The molecule has 1 saturated heterocycles. The Morgan fingerprint density at radius 3 is 2.36 bits per heavy atom. The second-order valence-corrected chi connectivity index (χ2v) is 8.36. The number of rotatable bonds is 4. The van der Waals surface area contributed by atoms with E-state index in [-0.39, 0.29) is 27.9 Å². The maximum absolute atomic E-state index is 14.5.